The zero-order valence-corrected chi connectivity index (χ0v) is 11.0. The molecular formula is C11H5Br2O3-. The number of rotatable bonds is 1. The molecule has 0 atom stereocenters. The highest BCUT2D eigenvalue weighted by atomic mass is 79.9. The predicted octanol–water partition coefficient (Wildman–Crippen LogP) is 3.14. The molecule has 0 saturated heterocycles. The van der Waals surface area contributed by atoms with Gasteiger partial charge in [-0.3, -0.25) is 0 Å². The molecule has 0 aliphatic heterocycles. The minimum absolute atomic E-state index is 0.225. The highest BCUT2D eigenvalue weighted by molar-refractivity contribution is 9.11. The van der Waals surface area contributed by atoms with Crippen molar-refractivity contribution in [3.8, 4) is 5.75 Å². The van der Waals surface area contributed by atoms with Gasteiger partial charge in [0.05, 0.1) is 5.56 Å². The first kappa shape index (κ1) is 11.4. The summed E-state index contributed by atoms with van der Waals surface area (Å²) in [5, 5.41) is 22.0. The van der Waals surface area contributed by atoms with E-state index in [0.29, 0.717) is 10.8 Å². The Morgan fingerprint density at radius 3 is 2.56 bits per heavy atom. The molecule has 0 spiro atoms. The lowest BCUT2D eigenvalue weighted by atomic mass is 10.1. The van der Waals surface area contributed by atoms with Crippen LogP contribution in [0.25, 0.3) is 10.8 Å². The number of carboxylic acids is 1. The summed E-state index contributed by atoms with van der Waals surface area (Å²) in [5.74, 6) is -1.71. The molecule has 3 nitrogen and oxygen atoms in total. The first-order valence-corrected chi connectivity index (χ1v) is 5.91. The fraction of sp³-hybridized carbons (Fsp3) is 0. The van der Waals surface area contributed by atoms with Gasteiger partial charge in [0.15, 0.2) is 0 Å². The number of fused-ring (bicyclic) bond motifs is 1. The normalized spacial score (nSPS) is 10.6. The summed E-state index contributed by atoms with van der Waals surface area (Å²) in [6.45, 7) is 0. The van der Waals surface area contributed by atoms with Crippen LogP contribution in [0.4, 0.5) is 0 Å². The first-order chi connectivity index (χ1) is 7.50. The van der Waals surface area contributed by atoms with Crippen molar-refractivity contribution in [2.45, 2.75) is 0 Å². The molecule has 0 bridgehead atoms. The molecule has 0 aromatic heterocycles. The Bertz CT molecular complexity index is 593. The molecule has 2 aromatic rings. The minimum Gasteiger partial charge on any atom is -0.871 e. The second-order valence-electron chi connectivity index (χ2n) is 3.24. The molecule has 16 heavy (non-hydrogen) atoms. The van der Waals surface area contributed by atoms with Gasteiger partial charge in [-0.15, -0.1) is 0 Å². The third-order valence-electron chi connectivity index (χ3n) is 2.22. The van der Waals surface area contributed by atoms with Crippen LogP contribution >= 0.6 is 31.9 Å². The van der Waals surface area contributed by atoms with Crippen LogP contribution in [0.3, 0.4) is 0 Å². The summed E-state index contributed by atoms with van der Waals surface area (Å²) < 4.78 is 1.12. The van der Waals surface area contributed by atoms with Crippen LogP contribution in [0, 0.1) is 0 Å². The quantitative estimate of drug-likeness (QED) is 0.864. The zero-order chi connectivity index (χ0) is 11.9. The summed E-state index contributed by atoms with van der Waals surface area (Å²) in [5.41, 5.74) is -0.225. The second kappa shape index (κ2) is 4.07. The SMILES string of the molecule is O=C(O)c1cc2cc(Br)ccc2c(Br)c1[O-]. The summed E-state index contributed by atoms with van der Waals surface area (Å²) in [6.07, 6.45) is 0. The molecule has 0 radical (unpaired) electrons. The number of hydrogen-bond acceptors (Lipinski definition) is 2. The molecule has 0 amide bonds. The predicted molar refractivity (Wildman–Crippen MR) is 65.8 cm³/mol. The molecule has 2 aromatic carbocycles. The van der Waals surface area contributed by atoms with Crippen LogP contribution in [-0.2, 0) is 0 Å². The largest absolute Gasteiger partial charge is 0.871 e. The maximum atomic E-state index is 11.7. The Kier molecular flexibility index (Phi) is 2.90. The Balaban J connectivity index is 2.88. The Labute approximate surface area is 108 Å². The summed E-state index contributed by atoms with van der Waals surface area (Å²) in [7, 11) is 0. The smallest absolute Gasteiger partial charge is 0.335 e. The third-order valence-corrected chi connectivity index (χ3v) is 3.50. The third kappa shape index (κ3) is 1.81. The van der Waals surface area contributed by atoms with Gasteiger partial charge in [0.25, 0.3) is 0 Å². The van der Waals surface area contributed by atoms with Gasteiger partial charge in [-0.05, 0) is 29.0 Å². The Hall–Kier alpha value is -1.07. The summed E-state index contributed by atoms with van der Waals surface area (Å²) in [4.78, 5) is 10.9. The molecule has 0 aliphatic rings. The average Bonchev–Trinajstić information content (AvgIpc) is 2.22. The van der Waals surface area contributed by atoms with Gasteiger partial charge in [-0.25, -0.2) is 4.79 Å². The molecular weight excluding hydrogens is 340 g/mol. The number of carbonyl (C=O) groups is 1. The van der Waals surface area contributed by atoms with Crippen molar-refractivity contribution in [1.82, 2.24) is 0 Å². The molecule has 0 heterocycles. The van der Waals surface area contributed by atoms with Gasteiger partial charge in [-0.2, -0.15) is 0 Å². The Morgan fingerprint density at radius 1 is 1.25 bits per heavy atom. The van der Waals surface area contributed by atoms with Crippen LogP contribution in [0.1, 0.15) is 10.4 Å². The van der Waals surface area contributed by atoms with E-state index in [2.05, 4.69) is 31.9 Å². The van der Waals surface area contributed by atoms with E-state index in [0.717, 1.165) is 4.47 Å². The number of hydrogen-bond donors (Lipinski definition) is 1. The fourth-order valence-corrected chi connectivity index (χ4v) is 2.43. The first-order valence-electron chi connectivity index (χ1n) is 4.33. The van der Waals surface area contributed by atoms with Crippen molar-refractivity contribution in [3.63, 3.8) is 0 Å². The van der Waals surface area contributed by atoms with Crippen molar-refractivity contribution < 1.29 is 15.0 Å². The van der Waals surface area contributed by atoms with E-state index in [1.165, 1.54) is 6.07 Å². The molecule has 0 unspecified atom stereocenters. The van der Waals surface area contributed by atoms with Crippen molar-refractivity contribution >= 4 is 48.6 Å². The van der Waals surface area contributed by atoms with Crippen LogP contribution in [0.15, 0.2) is 33.2 Å². The summed E-state index contributed by atoms with van der Waals surface area (Å²) >= 11 is 6.43. The molecule has 5 heteroatoms. The zero-order valence-electron chi connectivity index (χ0n) is 7.83. The van der Waals surface area contributed by atoms with Crippen LogP contribution in [0.2, 0.25) is 0 Å². The van der Waals surface area contributed by atoms with E-state index >= 15 is 0 Å². The summed E-state index contributed by atoms with van der Waals surface area (Å²) in [6, 6.07) is 6.71. The monoisotopic (exact) mass is 343 g/mol. The lowest BCUT2D eigenvalue weighted by molar-refractivity contribution is -0.269. The standard InChI is InChI=1S/C11H6Br2O3/c12-6-1-2-7-5(3-6)4-8(11(15)16)10(14)9(7)13/h1-4,14H,(H,15,16)/p-1. The lowest BCUT2D eigenvalue weighted by Crippen LogP contribution is -2.04. The van der Waals surface area contributed by atoms with E-state index in [4.69, 9.17) is 5.11 Å². The number of halogens is 2. The molecule has 2 rings (SSSR count). The molecule has 0 saturated carbocycles. The fourth-order valence-electron chi connectivity index (χ4n) is 1.47. The number of aromatic carboxylic acids is 1. The van der Waals surface area contributed by atoms with Gasteiger partial charge in [0.1, 0.15) is 0 Å². The van der Waals surface area contributed by atoms with Crippen LogP contribution in [0.5, 0.6) is 5.75 Å². The molecule has 1 N–H and O–H groups in total. The van der Waals surface area contributed by atoms with Gasteiger partial charge in [0.2, 0.25) is 0 Å². The Morgan fingerprint density at radius 2 is 1.94 bits per heavy atom. The minimum atomic E-state index is -1.22. The van der Waals surface area contributed by atoms with Crippen molar-refractivity contribution in [2.24, 2.45) is 0 Å². The van der Waals surface area contributed by atoms with E-state index in [1.807, 2.05) is 0 Å². The topological polar surface area (TPSA) is 60.4 Å². The van der Waals surface area contributed by atoms with Crippen LogP contribution < -0.4 is 5.11 Å². The molecule has 0 aliphatic carbocycles. The lowest BCUT2D eigenvalue weighted by Gasteiger charge is -2.15. The second-order valence-corrected chi connectivity index (χ2v) is 4.95. The van der Waals surface area contributed by atoms with E-state index in [-0.39, 0.29) is 10.0 Å². The maximum Gasteiger partial charge on any atom is 0.335 e. The highest BCUT2D eigenvalue weighted by Gasteiger charge is 2.10. The van der Waals surface area contributed by atoms with Crippen molar-refractivity contribution in [2.75, 3.05) is 0 Å². The van der Waals surface area contributed by atoms with Crippen molar-refractivity contribution in [1.29, 1.82) is 0 Å². The van der Waals surface area contributed by atoms with Crippen molar-refractivity contribution in [3.05, 3.63) is 38.8 Å². The van der Waals surface area contributed by atoms with E-state index in [9.17, 15) is 9.90 Å². The average molecular weight is 345 g/mol. The molecule has 82 valence electrons. The highest BCUT2D eigenvalue weighted by Crippen LogP contribution is 2.35. The van der Waals surface area contributed by atoms with Crippen LogP contribution in [-0.4, -0.2) is 11.1 Å². The van der Waals surface area contributed by atoms with Gasteiger partial charge in [0, 0.05) is 8.95 Å². The maximum absolute atomic E-state index is 11.7. The van der Waals surface area contributed by atoms with E-state index < -0.39 is 11.7 Å². The van der Waals surface area contributed by atoms with Gasteiger partial charge >= 0.3 is 5.97 Å². The number of benzene rings is 2. The van der Waals surface area contributed by atoms with Gasteiger partial charge < -0.3 is 10.2 Å². The molecule has 0 fully saturated rings. The number of carboxylic acid groups (broad SMARTS) is 1. The van der Waals surface area contributed by atoms with E-state index in [1.54, 1.807) is 18.2 Å². The van der Waals surface area contributed by atoms with Gasteiger partial charge in [-0.1, -0.05) is 43.7 Å².